The number of carbonyl (C=O) groups excluding carboxylic acids is 1. The van der Waals surface area contributed by atoms with Gasteiger partial charge in [0.2, 0.25) is 0 Å². The van der Waals surface area contributed by atoms with Gasteiger partial charge < -0.3 is 19.9 Å². The molecular weight excluding hydrogens is 467 g/mol. The minimum Gasteiger partial charge on any atom is -0.544 e. The van der Waals surface area contributed by atoms with Crippen LogP contribution in [0.1, 0.15) is 12.0 Å². The number of carboxylic acid groups (broad SMARTS) is 1. The smallest absolute Gasteiger partial charge is 0.416 e. The van der Waals surface area contributed by atoms with Crippen LogP contribution in [-0.2, 0) is 11.0 Å². The number of halogens is 3. The van der Waals surface area contributed by atoms with E-state index in [-0.39, 0.29) is 11.1 Å². The Morgan fingerprint density at radius 2 is 1.65 bits per heavy atom. The van der Waals surface area contributed by atoms with Gasteiger partial charge in [0.1, 0.15) is 6.54 Å². The monoisotopic (exact) mass is 495 g/mol. The number of aliphatic hydroxyl groups is 1. The van der Waals surface area contributed by atoms with Crippen molar-refractivity contribution in [1.29, 1.82) is 0 Å². The highest BCUT2D eigenvalue weighted by Gasteiger charge is 2.43. The van der Waals surface area contributed by atoms with Crippen LogP contribution in [0.5, 0.6) is 0 Å². The number of benzene rings is 2. The number of β-amino-alcohol motifs (C(OH)–C–C–N with tert-alkyl or cyclic N) is 1. The van der Waals surface area contributed by atoms with Gasteiger partial charge in [0, 0.05) is 57.8 Å². The van der Waals surface area contributed by atoms with E-state index in [1.165, 1.54) is 17.8 Å². The first-order valence-electron chi connectivity index (χ1n) is 11.3. The topological polar surface area (TPSA) is 66.8 Å². The van der Waals surface area contributed by atoms with Gasteiger partial charge in [-0.25, -0.2) is 0 Å². The number of nitrogens with zero attached hydrogens (tertiary/aromatic N) is 3. The van der Waals surface area contributed by atoms with Crippen molar-refractivity contribution in [3.63, 3.8) is 0 Å². The number of carboxylic acids is 1. The van der Waals surface area contributed by atoms with E-state index in [4.69, 9.17) is 5.11 Å². The van der Waals surface area contributed by atoms with Crippen LogP contribution in [0.2, 0.25) is 0 Å². The summed E-state index contributed by atoms with van der Waals surface area (Å²) in [5.74, 6) is -1.30. The number of para-hydroxylation sites is 1. The molecule has 1 unspecified atom stereocenters. The zero-order valence-electron chi connectivity index (χ0n) is 18.8. The molecule has 2 heterocycles. The number of rotatable bonds is 8. The lowest BCUT2D eigenvalue weighted by molar-refractivity contribution is -0.305. The first-order valence-corrected chi connectivity index (χ1v) is 12.2. The Bertz CT molecular complexity index is 1030. The molecule has 184 valence electrons. The summed E-state index contributed by atoms with van der Waals surface area (Å²) in [6.07, 6.45) is -3.91. The number of aliphatic hydroxyl groups excluding tert-OH is 1. The molecule has 0 amide bonds. The zero-order chi connectivity index (χ0) is 24.3. The van der Waals surface area contributed by atoms with Crippen molar-refractivity contribution in [3.8, 4) is 0 Å². The Kier molecular flexibility index (Phi) is 7.54. The SMILES string of the molecule is O=C([O-])C[N+]1(CCCN2CCN(CCO)CC2)c2ccccc2Sc2ccc(C(F)(F)F)cc21. The van der Waals surface area contributed by atoms with Crippen molar-refractivity contribution < 1.29 is 28.2 Å². The number of hydrogen-bond acceptors (Lipinski definition) is 6. The molecule has 2 aliphatic heterocycles. The number of alkyl halides is 3. The average molecular weight is 496 g/mol. The van der Waals surface area contributed by atoms with Crippen LogP contribution >= 0.6 is 11.8 Å². The van der Waals surface area contributed by atoms with Crippen molar-refractivity contribution in [2.45, 2.75) is 22.4 Å². The number of quaternary nitrogens is 1. The Morgan fingerprint density at radius 1 is 1.00 bits per heavy atom. The molecule has 0 saturated carbocycles. The molecule has 6 nitrogen and oxygen atoms in total. The van der Waals surface area contributed by atoms with Crippen molar-refractivity contribution in [1.82, 2.24) is 14.3 Å². The molecule has 0 aromatic heterocycles. The van der Waals surface area contributed by atoms with E-state index in [9.17, 15) is 23.1 Å². The number of hydrogen-bond donors (Lipinski definition) is 1. The number of carbonyl (C=O) groups is 1. The normalized spacial score (nSPS) is 21.2. The second kappa shape index (κ2) is 10.2. The summed E-state index contributed by atoms with van der Waals surface area (Å²) in [4.78, 5) is 17.9. The van der Waals surface area contributed by atoms with Crippen LogP contribution < -0.4 is 9.59 Å². The molecule has 2 aromatic rings. The number of piperazine rings is 1. The molecular formula is C24H28F3N3O3S. The Hall–Kier alpha value is -2.11. The fraction of sp³-hybridized carbons (Fsp3) is 0.458. The molecule has 10 heteroatoms. The molecule has 2 aromatic carbocycles. The lowest BCUT2D eigenvalue weighted by Crippen LogP contribution is -2.54. The van der Waals surface area contributed by atoms with E-state index < -0.39 is 24.3 Å². The van der Waals surface area contributed by atoms with E-state index in [0.717, 1.165) is 43.2 Å². The molecule has 0 spiro atoms. The van der Waals surface area contributed by atoms with Crippen molar-refractivity contribution in [2.75, 3.05) is 59.0 Å². The third-order valence-corrected chi connectivity index (χ3v) is 7.72. The molecule has 4 rings (SSSR count). The number of fused-ring (bicyclic) bond motifs is 2. The maximum atomic E-state index is 13.6. The minimum absolute atomic E-state index is 0.125. The molecule has 34 heavy (non-hydrogen) atoms. The highest BCUT2D eigenvalue weighted by molar-refractivity contribution is 7.99. The van der Waals surface area contributed by atoms with Gasteiger partial charge in [0.05, 0.1) is 34.5 Å². The van der Waals surface area contributed by atoms with E-state index in [1.54, 1.807) is 6.07 Å². The van der Waals surface area contributed by atoms with Crippen LogP contribution in [0, 0.1) is 0 Å². The zero-order valence-corrected chi connectivity index (χ0v) is 19.6. The fourth-order valence-corrected chi connectivity index (χ4v) is 6.12. The average Bonchev–Trinajstić information content (AvgIpc) is 2.79. The Morgan fingerprint density at radius 3 is 2.29 bits per heavy atom. The molecule has 1 saturated heterocycles. The lowest BCUT2D eigenvalue weighted by Gasteiger charge is -2.43. The molecule has 1 fully saturated rings. The first kappa shape index (κ1) is 25.0. The van der Waals surface area contributed by atoms with Gasteiger partial charge in [0.25, 0.3) is 0 Å². The van der Waals surface area contributed by atoms with Gasteiger partial charge in [-0.3, -0.25) is 9.38 Å². The van der Waals surface area contributed by atoms with Crippen LogP contribution in [-0.4, -0.2) is 79.8 Å². The first-order chi connectivity index (χ1) is 16.2. The third kappa shape index (κ3) is 5.26. The maximum Gasteiger partial charge on any atom is 0.416 e. The van der Waals surface area contributed by atoms with E-state index >= 15 is 0 Å². The fourth-order valence-electron chi connectivity index (χ4n) is 4.91. The molecule has 0 radical (unpaired) electrons. The van der Waals surface area contributed by atoms with Gasteiger partial charge in [-0.1, -0.05) is 23.9 Å². The third-order valence-electron chi connectivity index (χ3n) is 6.59. The second-order valence-corrected chi connectivity index (χ2v) is 9.82. The lowest BCUT2D eigenvalue weighted by atomic mass is 10.1. The van der Waals surface area contributed by atoms with Gasteiger partial charge >= 0.3 is 6.18 Å². The molecule has 1 atom stereocenters. The summed E-state index contributed by atoms with van der Waals surface area (Å²) in [6.45, 7) is 4.75. The Labute approximate surface area is 201 Å². The van der Waals surface area contributed by atoms with Crippen molar-refractivity contribution >= 4 is 29.1 Å². The van der Waals surface area contributed by atoms with E-state index in [2.05, 4.69) is 9.80 Å². The van der Waals surface area contributed by atoms with Crippen LogP contribution in [0.25, 0.3) is 0 Å². The van der Waals surface area contributed by atoms with E-state index in [1.807, 2.05) is 18.2 Å². The Balaban J connectivity index is 1.64. The summed E-state index contributed by atoms with van der Waals surface area (Å²) in [7, 11) is 0. The van der Waals surface area contributed by atoms with Crippen LogP contribution in [0.3, 0.4) is 0 Å². The predicted molar refractivity (Wildman–Crippen MR) is 123 cm³/mol. The number of aliphatic carboxylic acids is 1. The summed E-state index contributed by atoms with van der Waals surface area (Å²) >= 11 is 1.36. The largest absolute Gasteiger partial charge is 0.544 e. The predicted octanol–water partition coefficient (Wildman–Crippen LogP) is 2.56. The summed E-state index contributed by atoms with van der Waals surface area (Å²) in [5, 5.41) is 21.1. The molecule has 2 aliphatic rings. The van der Waals surface area contributed by atoms with Crippen molar-refractivity contribution in [3.05, 3.63) is 48.0 Å². The standard InChI is InChI=1S/C24H28F3N3O3S/c25-24(26,27)18-6-7-22-20(16-18)30(17-23(32)33,19-4-1-2-5-21(19)34-22)14-3-8-28-9-11-29(12-10-28)13-15-31/h1-2,4-7,16,31H,3,8-15,17H2. The summed E-state index contributed by atoms with van der Waals surface area (Å²) in [6, 6.07) is 10.9. The molecule has 0 aliphatic carbocycles. The van der Waals surface area contributed by atoms with Gasteiger partial charge in [-0.05, 0) is 18.2 Å². The minimum atomic E-state index is -4.53. The quantitative estimate of drug-likeness (QED) is 0.568. The highest BCUT2D eigenvalue weighted by atomic mass is 32.2. The summed E-state index contributed by atoms with van der Waals surface area (Å²) in [5.41, 5.74) is 0.263. The molecule has 1 N–H and O–H groups in total. The van der Waals surface area contributed by atoms with Crippen molar-refractivity contribution in [2.24, 2.45) is 0 Å². The maximum absolute atomic E-state index is 13.6. The second-order valence-electron chi connectivity index (χ2n) is 8.73. The van der Waals surface area contributed by atoms with Crippen LogP contribution in [0.15, 0.2) is 52.3 Å². The van der Waals surface area contributed by atoms with E-state index in [0.29, 0.717) is 42.3 Å². The van der Waals surface area contributed by atoms with Gasteiger partial charge in [-0.15, -0.1) is 0 Å². The van der Waals surface area contributed by atoms with Crippen LogP contribution in [0.4, 0.5) is 24.5 Å². The molecule has 0 bridgehead atoms. The van der Waals surface area contributed by atoms with Gasteiger partial charge in [0.15, 0.2) is 11.4 Å². The summed E-state index contributed by atoms with van der Waals surface area (Å²) < 4.78 is 40.5. The van der Waals surface area contributed by atoms with Gasteiger partial charge in [-0.2, -0.15) is 13.2 Å². The highest BCUT2D eigenvalue weighted by Crippen LogP contribution is 2.53.